The van der Waals surface area contributed by atoms with Crippen LogP contribution < -0.4 is 10.5 Å². The third-order valence-corrected chi connectivity index (χ3v) is 5.61. The summed E-state index contributed by atoms with van der Waals surface area (Å²) in [7, 11) is -3.58. The first-order chi connectivity index (χ1) is 10.0. The monoisotopic (exact) mass is 309 g/mol. The van der Waals surface area contributed by atoms with Crippen molar-refractivity contribution in [2.24, 2.45) is 5.14 Å². The molecule has 0 aliphatic carbocycles. The predicted molar refractivity (Wildman–Crippen MR) is 82.5 cm³/mol. The number of sulfonamides is 1. The zero-order valence-corrected chi connectivity index (χ0v) is 13.0. The van der Waals surface area contributed by atoms with Crippen LogP contribution in [0.15, 0.2) is 29.2 Å². The highest BCUT2D eigenvalue weighted by Crippen LogP contribution is 2.27. The number of hydrogen-bond acceptors (Lipinski definition) is 4. The summed E-state index contributed by atoms with van der Waals surface area (Å²) in [4.78, 5) is 2.77. The minimum Gasteiger partial charge on any atom is -0.312 e. The van der Waals surface area contributed by atoms with Gasteiger partial charge in [0.1, 0.15) is 0 Å². The van der Waals surface area contributed by atoms with E-state index in [1.54, 1.807) is 12.1 Å². The highest BCUT2D eigenvalue weighted by atomic mass is 32.2. The summed E-state index contributed by atoms with van der Waals surface area (Å²) in [5.74, 6) is 0. The summed E-state index contributed by atoms with van der Waals surface area (Å²) in [6.07, 6.45) is 4.81. The molecule has 2 heterocycles. The van der Waals surface area contributed by atoms with E-state index in [0.717, 1.165) is 24.6 Å². The quantitative estimate of drug-likeness (QED) is 0.840. The van der Waals surface area contributed by atoms with Gasteiger partial charge in [-0.2, -0.15) is 0 Å². The maximum absolute atomic E-state index is 11.2. The minimum absolute atomic E-state index is 0.177. The number of benzene rings is 1. The molecular formula is C15H23N3O2S. The van der Waals surface area contributed by atoms with E-state index in [9.17, 15) is 8.42 Å². The van der Waals surface area contributed by atoms with Gasteiger partial charge in [0.25, 0.3) is 0 Å². The molecule has 0 aromatic heterocycles. The Balaban J connectivity index is 1.49. The lowest BCUT2D eigenvalue weighted by Gasteiger charge is -2.21. The SMILES string of the molecule is NS(=O)(=O)c1ccc(CCNC2CCN3CCCC23)cc1. The van der Waals surface area contributed by atoms with Crippen LogP contribution in [0.5, 0.6) is 0 Å². The maximum atomic E-state index is 11.2. The van der Waals surface area contributed by atoms with Crippen LogP contribution in [0.2, 0.25) is 0 Å². The molecule has 1 aromatic rings. The minimum atomic E-state index is -3.58. The van der Waals surface area contributed by atoms with Crippen LogP contribution in [0.4, 0.5) is 0 Å². The molecule has 0 spiro atoms. The Hall–Kier alpha value is -0.950. The van der Waals surface area contributed by atoms with Crippen molar-refractivity contribution < 1.29 is 8.42 Å². The summed E-state index contributed by atoms with van der Waals surface area (Å²) >= 11 is 0. The molecule has 1 aromatic carbocycles. The number of nitrogens with two attached hydrogens (primary N) is 1. The normalized spacial score (nSPS) is 26.1. The summed E-state index contributed by atoms with van der Waals surface area (Å²) in [5.41, 5.74) is 1.14. The first-order valence-electron chi connectivity index (χ1n) is 7.63. The number of fused-ring (bicyclic) bond motifs is 1. The van der Waals surface area contributed by atoms with Crippen LogP contribution in [-0.2, 0) is 16.4 Å². The zero-order chi connectivity index (χ0) is 14.9. The molecular weight excluding hydrogens is 286 g/mol. The first kappa shape index (κ1) is 15.0. The molecule has 3 N–H and O–H groups in total. The third kappa shape index (κ3) is 3.45. The van der Waals surface area contributed by atoms with Crippen molar-refractivity contribution in [2.45, 2.75) is 42.7 Å². The molecule has 21 heavy (non-hydrogen) atoms. The van der Waals surface area contributed by atoms with Crippen molar-refractivity contribution >= 4 is 10.0 Å². The van der Waals surface area contributed by atoms with Crippen molar-refractivity contribution in [2.75, 3.05) is 19.6 Å². The van der Waals surface area contributed by atoms with Gasteiger partial charge in [-0.25, -0.2) is 13.6 Å². The number of rotatable bonds is 5. The molecule has 0 radical (unpaired) electrons. The average molecular weight is 309 g/mol. The Morgan fingerprint density at radius 2 is 1.95 bits per heavy atom. The van der Waals surface area contributed by atoms with Crippen molar-refractivity contribution in [3.05, 3.63) is 29.8 Å². The van der Waals surface area contributed by atoms with Crippen LogP contribution >= 0.6 is 0 Å². The van der Waals surface area contributed by atoms with Gasteiger partial charge >= 0.3 is 0 Å². The van der Waals surface area contributed by atoms with Crippen molar-refractivity contribution in [3.63, 3.8) is 0 Å². The predicted octanol–water partition coefficient (Wildman–Crippen LogP) is 0.703. The molecule has 2 saturated heterocycles. The van der Waals surface area contributed by atoms with E-state index in [1.807, 2.05) is 12.1 Å². The van der Waals surface area contributed by atoms with Crippen molar-refractivity contribution in [3.8, 4) is 0 Å². The smallest absolute Gasteiger partial charge is 0.238 e. The number of nitrogens with one attached hydrogen (secondary N) is 1. The molecule has 6 heteroatoms. The largest absolute Gasteiger partial charge is 0.312 e. The molecule has 3 rings (SSSR count). The van der Waals surface area contributed by atoms with E-state index in [4.69, 9.17) is 5.14 Å². The lowest BCUT2D eigenvalue weighted by atomic mass is 10.1. The van der Waals surface area contributed by atoms with Crippen LogP contribution in [0.3, 0.4) is 0 Å². The maximum Gasteiger partial charge on any atom is 0.238 e. The Labute approximate surface area is 126 Å². The van der Waals surface area contributed by atoms with E-state index in [1.165, 1.54) is 32.4 Å². The lowest BCUT2D eigenvalue weighted by Crippen LogP contribution is -2.39. The standard InChI is InChI=1S/C15H23N3O2S/c16-21(19,20)13-5-3-12(4-6-13)7-9-17-14-8-11-18-10-1-2-15(14)18/h3-6,14-15,17H,1-2,7-11H2,(H2,16,19,20). The summed E-state index contributed by atoms with van der Waals surface area (Å²) in [6.45, 7) is 3.42. The van der Waals surface area contributed by atoms with E-state index in [-0.39, 0.29) is 4.90 Å². The fraction of sp³-hybridized carbons (Fsp3) is 0.600. The third-order valence-electron chi connectivity index (χ3n) is 4.68. The van der Waals surface area contributed by atoms with E-state index < -0.39 is 10.0 Å². The molecule has 0 saturated carbocycles. The second-order valence-electron chi connectivity index (χ2n) is 6.03. The fourth-order valence-electron chi connectivity index (χ4n) is 3.57. The average Bonchev–Trinajstić information content (AvgIpc) is 3.03. The second-order valence-corrected chi connectivity index (χ2v) is 7.60. The molecule has 2 fully saturated rings. The van der Waals surface area contributed by atoms with Crippen LogP contribution in [0.1, 0.15) is 24.8 Å². The Morgan fingerprint density at radius 3 is 2.67 bits per heavy atom. The van der Waals surface area contributed by atoms with Gasteiger partial charge in [-0.3, -0.25) is 4.90 Å². The molecule has 0 amide bonds. The van der Waals surface area contributed by atoms with E-state index in [0.29, 0.717) is 6.04 Å². The first-order valence-corrected chi connectivity index (χ1v) is 9.18. The number of primary sulfonamides is 1. The molecule has 2 unspecified atom stereocenters. The van der Waals surface area contributed by atoms with Gasteiger partial charge in [-0.05, 0) is 56.5 Å². The molecule has 5 nitrogen and oxygen atoms in total. The van der Waals surface area contributed by atoms with E-state index in [2.05, 4.69) is 10.2 Å². The molecule has 2 aliphatic heterocycles. The molecule has 2 atom stereocenters. The van der Waals surface area contributed by atoms with Gasteiger partial charge in [-0.15, -0.1) is 0 Å². The van der Waals surface area contributed by atoms with Gasteiger partial charge in [0.05, 0.1) is 4.90 Å². The summed E-state index contributed by atoms with van der Waals surface area (Å²) < 4.78 is 22.4. The van der Waals surface area contributed by atoms with Gasteiger partial charge in [-0.1, -0.05) is 12.1 Å². The van der Waals surface area contributed by atoms with Gasteiger partial charge in [0, 0.05) is 18.6 Å². The van der Waals surface area contributed by atoms with Crippen LogP contribution in [-0.4, -0.2) is 45.0 Å². The van der Waals surface area contributed by atoms with Crippen molar-refractivity contribution in [1.29, 1.82) is 0 Å². The number of hydrogen-bond donors (Lipinski definition) is 2. The highest BCUT2D eigenvalue weighted by Gasteiger charge is 2.36. The zero-order valence-electron chi connectivity index (χ0n) is 12.2. The van der Waals surface area contributed by atoms with Crippen LogP contribution in [0, 0.1) is 0 Å². The van der Waals surface area contributed by atoms with Gasteiger partial charge in [0.2, 0.25) is 10.0 Å². The fourth-order valence-corrected chi connectivity index (χ4v) is 4.08. The topological polar surface area (TPSA) is 75.4 Å². The molecule has 2 aliphatic rings. The Morgan fingerprint density at radius 1 is 1.19 bits per heavy atom. The molecule has 0 bridgehead atoms. The number of nitrogens with zero attached hydrogens (tertiary/aromatic N) is 1. The summed E-state index contributed by atoms with van der Waals surface area (Å²) in [5, 5.41) is 8.76. The van der Waals surface area contributed by atoms with Crippen LogP contribution in [0.25, 0.3) is 0 Å². The second kappa shape index (κ2) is 6.04. The lowest BCUT2D eigenvalue weighted by molar-refractivity contribution is 0.299. The van der Waals surface area contributed by atoms with Crippen molar-refractivity contribution in [1.82, 2.24) is 10.2 Å². The summed E-state index contributed by atoms with van der Waals surface area (Å²) in [6, 6.07) is 8.21. The highest BCUT2D eigenvalue weighted by molar-refractivity contribution is 7.89. The van der Waals surface area contributed by atoms with Gasteiger partial charge in [0.15, 0.2) is 0 Å². The Kier molecular flexibility index (Phi) is 4.31. The van der Waals surface area contributed by atoms with Gasteiger partial charge < -0.3 is 5.32 Å². The molecule has 116 valence electrons. The Bertz CT molecular complexity index is 585. The van der Waals surface area contributed by atoms with E-state index >= 15 is 0 Å².